The van der Waals surface area contributed by atoms with E-state index in [1.807, 2.05) is 12.1 Å². The van der Waals surface area contributed by atoms with Gasteiger partial charge in [-0.1, -0.05) is 72.4 Å². The van der Waals surface area contributed by atoms with Crippen LogP contribution in [0.1, 0.15) is 38.7 Å². The molecule has 0 spiro atoms. The second kappa shape index (κ2) is 8.16. The van der Waals surface area contributed by atoms with Crippen molar-refractivity contribution in [3.8, 4) is 0 Å². The van der Waals surface area contributed by atoms with Gasteiger partial charge in [0.2, 0.25) is 0 Å². The summed E-state index contributed by atoms with van der Waals surface area (Å²) < 4.78 is 0. The molecule has 0 aliphatic heterocycles. The van der Waals surface area contributed by atoms with Crippen LogP contribution < -0.4 is 0 Å². The minimum Gasteiger partial charge on any atom is -0.0925 e. The molecule has 0 amide bonds. The fourth-order valence-corrected chi connectivity index (χ4v) is 2.98. The Hall–Kier alpha value is -0.0100. The lowest BCUT2D eigenvalue weighted by molar-refractivity contribution is 0.375. The van der Waals surface area contributed by atoms with Crippen molar-refractivity contribution < 1.29 is 0 Å². The zero-order chi connectivity index (χ0) is 12.7. The molecule has 1 atom stereocenters. The standard InChI is InChI=1S/C15H22BrCl/c1-3-12(4-2)9-13(11-16)10-14-7-5-6-8-15(14)17/h5-8,12-13H,3-4,9-11H2,1-2H3. The molecule has 0 saturated heterocycles. The fourth-order valence-electron chi connectivity index (χ4n) is 2.27. The van der Waals surface area contributed by atoms with Gasteiger partial charge in [-0.15, -0.1) is 0 Å². The number of halogens is 2. The van der Waals surface area contributed by atoms with E-state index in [9.17, 15) is 0 Å². The molecule has 0 nitrogen and oxygen atoms in total. The van der Waals surface area contributed by atoms with Crippen LogP contribution in [0.25, 0.3) is 0 Å². The molecule has 17 heavy (non-hydrogen) atoms. The Labute approximate surface area is 119 Å². The maximum absolute atomic E-state index is 6.21. The Kier molecular flexibility index (Phi) is 7.22. The summed E-state index contributed by atoms with van der Waals surface area (Å²) in [6.45, 7) is 4.57. The Morgan fingerprint density at radius 1 is 1.12 bits per heavy atom. The summed E-state index contributed by atoms with van der Waals surface area (Å²) in [5.74, 6) is 1.54. The van der Waals surface area contributed by atoms with Gasteiger partial charge < -0.3 is 0 Å². The molecule has 1 unspecified atom stereocenters. The number of rotatable bonds is 7. The first-order chi connectivity index (χ1) is 8.21. The van der Waals surface area contributed by atoms with Crippen molar-refractivity contribution in [1.29, 1.82) is 0 Å². The molecule has 2 heteroatoms. The molecule has 0 bridgehead atoms. The third kappa shape index (κ3) is 5.01. The van der Waals surface area contributed by atoms with E-state index >= 15 is 0 Å². The van der Waals surface area contributed by atoms with E-state index in [0.717, 1.165) is 22.7 Å². The second-order valence-electron chi connectivity index (χ2n) is 4.73. The van der Waals surface area contributed by atoms with Crippen LogP contribution in [0.3, 0.4) is 0 Å². The monoisotopic (exact) mass is 316 g/mol. The number of alkyl halides is 1. The predicted molar refractivity (Wildman–Crippen MR) is 81.1 cm³/mol. The lowest BCUT2D eigenvalue weighted by Crippen LogP contribution is -2.12. The van der Waals surface area contributed by atoms with Gasteiger partial charge in [-0.25, -0.2) is 0 Å². The summed E-state index contributed by atoms with van der Waals surface area (Å²) in [6.07, 6.45) is 4.94. The normalized spacial score (nSPS) is 13.0. The van der Waals surface area contributed by atoms with Crippen LogP contribution in [0, 0.1) is 11.8 Å². The van der Waals surface area contributed by atoms with Gasteiger partial charge in [-0.05, 0) is 36.3 Å². The van der Waals surface area contributed by atoms with Crippen molar-refractivity contribution in [3.05, 3.63) is 34.9 Å². The molecule has 1 aromatic carbocycles. The molecule has 0 radical (unpaired) electrons. The lowest BCUT2D eigenvalue weighted by atomic mass is 9.88. The molecule has 0 aliphatic carbocycles. The van der Waals surface area contributed by atoms with Crippen LogP contribution in [-0.2, 0) is 6.42 Å². The zero-order valence-electron chi connectivity index (χ0n) is 10.8. The highest BCUT2D eigenvalue weighted by molar-refractivity contribution is 9.09. The summed E-state index contributed by atoms with van der Waals surface area (Å²) in [6, 6.07) is 8.20. The first-order valence-corrected chi connectivity index (χ1v) is 8.00. The maximum atomic E-state index is 6.21. The Bertz CT molecular complexity index is 320. The van der Waals surface area contributed by atoms with E-state index < -0.39 is 0 Å². The first-order valence-electron chi connectivity index (χ1n) is 6.50. The molecular weight excluding hydrogens is 296 g/mol. The summed E-state index contributed by atoms with van der Waals surface area (Å²) in [5, 5.41) is 1.97. The number of hydrogen-bond donors (Lipinski definition) is 0. The highest BCUT2D eigenvalue weighted by Gasteiger charge is 2.14. The van der Waals surface area contributed by atoms with Gasteiger partial charge >= 0.3 is 0 Å². The van der Waals surface area contributed by atoms with E-state index in [-0.39, 0.29) is 0 Å². The Morgan fingerprint density at radius 2 is 1.76 bits per heavy atom. The molecule has 0 fully saturated rings. The van der Waals surface area contributed by atoms with Crippen LogP contribution in [0.5, 0.6) is 0 Å². The van der Waals surface area contributed by atoms with Crippen molar-refractivity contribution >= 4 is 27.5 Å². The number of hydrogen-bond acceptors (Lipinski definition) is 0. The second-order valence-corrected chi connectivity index (χ2v) is 5.79. The highest BCUT2D eigenvalue weighted by atomic mass is 79.9. The average molecular weight is 318 g/mol. The third-order valence-corrected chi connectivity index (χ3v) is 4.79. The minimum absolute atomic E-state index is 0.694. The van der Waals surface area contributed by atoms with Crippen LogP contribution in [-0.4, -0.2) is 5.33 Å². The Balaban J connectivity index is 2.61. The van der Waals surface area contributed by atoms with Crippen LogP contribution in [0.2, 0.25) is 5.02 Å². The molecule has 96 valence electrons. The average Bonchev–Trinajstić information content (AvgIpc) is 2.36. The van der Waals surface area contributed by atoms with Crippen molar-refractivity contribution in [2.45, 2.75) is 39.5 Å². The quantitative estimate of drug-likeness (QED) is 0.564. The molecule has 1 rings (SSSR count). The van der Waals surface area contributed by atoms with Gasteiger partial charge in [-0.2, -0.15) is 0 Å². The smallest absolute Gasteiger partial charge is 0.0438 e. The van der Waals surface area contributed by atoms with Gasteiger partial charge in [0, 0.05) is 10.4 Å². The summed E-state index contributed by atoms with van der Waals surface area (Å²) in [4.78, 5) is 0. The van der Waals surface area contributed by atoms with Gasteiger partial charge in [0.15, 0.2) is 0 Å². The molecule has 0 aromatic heterocycles. The van der Waals surface area contributed by atoms with E-state index in [4.69, 9.17) is 11.6 Å². The van der Waals surface area contributed by atoms with Crippen LogP contribution in [0.15, 0.2) is 24.3 Å². The summed E-state index contributed by atoms with van der Waals surface area (Å²) in [5.41, 5.74) is 1.28. The Morgan fingerprint density at radius 3 is 2.29 bits per heavy atom. The molecule has 1 aromatic rings. The van der Waals surface area contributed by atoms with Crippen LogP contribution >= 0.6 is 27.5 Å². The topological polar surface area (TPSA) is 0 Å². The zero-order valence-corrected chi connectivity index (χ0v) is 13.1. The van der Waals surface area contributed by atoms with Crippen molar-refractivity contribution in [1.82, 2.24) is 0 Å². The fraction of sp³-hybridized carbons (Fsp3) is 0.600. The summed E-state index contributed by atoms with van der Waals surface area (Å²) in [7, 11) is 0. The van der Waals surface area contributed by atoms with Gasteiger partial charge in [0.25, 0.3) is 0 Å². The molecule has 0 aliphatic rings. The first kappa shape index (κ1) is 15.0. The van der Waals surface area contributed by atoms with E-state index in [2.05, 4.69) is 41.9 Å². The van der Waals surface area contributed by atoms with Gasteiger partial charge in [0.05, 0.1) is 0 Å². The minimum atomic E-state index is 0.694. The van der Waals surface area contributed by atoms with Crippen LogP contribution in [0.4, 0.5) is 0 Å². The summed E-state index contributed by atoms with van der Waals surface area (Å²) >= 11 is 9.86. The molecule has 0 saturated carbocycles. The van der Waals surface area contributed by atoms with E-state index in [0.29, 0.717) is 5.92 Å². The lowest BCUT2D eigenvalue weighted by Gasteiger charge is -2.20. The van der Waals surface area contributed by atoms with Gasteiger partial charge in [0.1, 0.15) is 0 Å². The molecule has 0 heterocycles. The van der Waals surface area contributed by atoms with E-state index in [1.54, 1.807) is 0 Å². The largest absolute Gasteiger partial charge is 0.0925 e. The maximum Gasteiger partial charge on any atom is 0.0438 e. The SMILES string of the molecule is CCC(CC)CC(CBr)Cc1ccccc1Cl. The van der Waals surface area contributed by atoms with Crippen molar-refractivity contribution in [2.24, 2.45) is 11.8 Å². The molecule has 0 N–H and O–H groups in total. The highest BCUT2D eigenvalue weighted by Crippen LogP contribution is 2.26. The van der Waals surface area contributed by atoms with E-state index in [1.165, 1.54) is 24.8 Å². The van der Waals surface area contributed by atoms with Crippen molar-refractivity contribution in [3.63, 3.8) is 0 Å². The third-order valence-electron chi connectivity index (χ3n) is 3.51. The molecular formula is C15H22BrCl. The van der Waals surface area contributed by atoms with Crippen molar-refractivity contribution in [2.75, 3.05) is 5.33 Å². The number of benzene rings is 1. The van der Waals surface area contributed by atoms with Gasteiger partial charge in [-0.3, -0.25) is 0 Å². The predicted octanol–water partition coefficient (Wildman–Crippen LogP) is 5.72.